The van der Waals surface area contributed by atoms with Gasteiger partial charge >= 0.3 is 0 Å². The van der Waals surface area contributed by atoms with Gasteiger partial charge in [0.05, 0.1) is 15.9 Å². The Hall–Kier alpha value is -2.10. The molecule has 4 rings (SSSR count). The molecule has 0 saturated carbocycles. The number of aromatic nitrogens is 2. The molecule has 0 amide bonds. The van der Waals surface area contributed by atoms with E-state index in [9.17, 15) is 0 Å². The maximum atomic E-state index is 6.20. The molecular formula is C22H18BrClN2. The second kappa shape index (κ2) is 6.90. The highest BCUT2D eigenvalue weighted by atomic mass is 79.9. The van der Waals surface area contributed by atoms with E-state index in [1.165, 1.54) is 16.7 Å². The van der Waals surface area contributed by atoms with E-state index < -0.39 is 0 Å². The van der Waals surface area contributed by atoms with Gasteiger partial charge in [-0.05, 0) is 59.1 Å². The van der Waals surface area contributed by atoms with Crippen molar-refractivity contribution >= 4 is 33.2 Å². The van der Waals surface area contributed by atoms with Crippen LogP contribution in [-0.4, -0.2) is 9.38 Å². The Bertz CT molecular complexity index is 1100. The molecule has 0 bridgehead atoms. The van der Waals surface area contributed by atoms with Gasteiger partial charge in [0.25, 0.3) is 0 Å². The number of fused-ring (bicyclic) bond motifs is 1. The van der Waals surface area contributed by atoms with E-state index >= 15 is 0 Å². The molecule has 130 valence electrons. The van der Waals surface area contributed by atoms with Gasteiger partial charge < -0.3 is 4.40 Å². The monoisotopic (exact) mass is 424 g/mol. The van der Waals surface area contributed by atoms with Crippen molar-refractivity contribution in [3.63, 3.8) is 0 Å². The smallest absolute Gasteiger partial charge is 0.152 e. The van der Waals surface area contributed by atoms with Crippen LogP contribution in [0.15, 0.2) is 65.3 Å². The summed E-state index contributed by atoms with van der Waals surface area (Å²) in [7, 11) is 0. The highest BCUT2D eigenvalue weighted by Crippen LogP contribution is 2.30. The summed E-state index contributed by atoms with van der Waals surface area (Å²) in [5.41, 5.74) is 7.83. The number of hydrogen-bond donors (Lipinski definition) is 0. The summed E-state index contributed by atoms with van der Waals surface area (Å²) >= 11 is 9.87. The van der Waals surface area contributed by atoms with Crippen LogP contribution in [0, 0.1) is 13.8 Å². The number of nitrogens with zero attached hydrogens (tertiary/aromatic N) is 2. The van der Waals surface area contributed by atoms with Crippen LogP contribution in [0.4, 0.5) is 0 Å². The Kier molecular flexibility index (Phi) is 4.60. The lowest BCUT2D eigenvalue weighted by molar-refractivity contribution is 1.02. The molecule has 26 heavy (non-hydrogen) atoms. The van der Waals surface area contributed by atoms with Crippen molar-refractivity contribution in [1.82, 2.24) is 9.38 Å². The summed E-state index contributed by atoms with van der Waals surface area (Å²) in [4.78, 5) is 4.95. The van der Waals surface area contributed by atoms with Crippen LogP contribution in [-0.2, 0) is 6.42 Å². The lowest BCUT2D eigenvalue weighted by atomic mass is 10.0. The van der Waals surface area contributed by atoms with Crippen molar-refractivity contribution in [3.05, 3.63) is 92.7 Å². The molecule has 0 saturated heterocycles. The van der Waals surface area contributed by atoms with Gasteiger partial charge in [-0.1, -0.05) is 53.6 Å². The van der Waals surface area contributed by atoms with Crippen LogP contribution in [0.5, 0.6) is 0 Å². The summed E-state index contributed by atoms with van der Waals surface area (Å²) in [5.74, 6) is 0. The molecule has 4 aromatic rings. The second-order valence-electron chi connectivity index (χ2n) is 6.64. The predicted octanol–water partition coefficient (Wildman–Crippen LogP) is 6.62. The number of aryl methyl sites for hydroxylation is 2. The highest BCUT2D eigenvalue weighted by Gasteiger charge is 2.17. The molecule has 0 aliphatic rings. The molecule has 0 unspecified atom stereocenters. The molecule has 2 nitrogen and oxygen atoms in total. The fraction of sp³-hybridized carbons (Fsp3) is 0.136. The van der Waals surface area contributed by atoms with Crippen LogP contribution < -0.4 is 0 Å². The number of imidazole rings is 1. The van der Waals surface area contributed by atoms with Crippen molar-refractivity contribution in [2.24, 2.45) is 0 Å². The Morgan fingerprint density at radius 2 is 1.77 bits per heavy atom. The molecule has 0 fully saturated rings. The van der Waals surface area contributed by atoms with Gasteiger partial charge in [0.2, 0.25) is 0 Å². The summed E-state index contributed by atoms with van der Waals surface area (Å²) in [6.45, 7) is 4.19. The fourth-order valence-corrected chi connectivity index (χ4v) is 4.08. The van der Waals surface area contributed by atoms with Crippen molar-refractivity contribution in [2.45, 2.75) is 20.3 Å². The second-order valence-corrected chi connectivity index (χ2v) is 7.93. The van der Waals surface area contributed by atoms with Crippen LogP contribution in [0.2, 0.25) is 5.02 Å². The first-order valence-electron chi connectivity index (χ1n) is 8.50. The first kappa shape index (κ1) is 17.3. The number of rotatable bonds is 3. The van der Waals surface area contributed by atoms with Crippen LogP contribution >= 0.6 is 27.5 Å². The van der Waals surface area contributed by atoms with Crippen molar-refractivity contribution in [2.75, 3.05) is 0 Å². The van der Waals surface area contributed by atoms with E-state index in [1.54, 1.807) is 0 Å². The molecule has 2 heterocycles. The molecule has 0 atom stereocenters. The molecule has 0 N–H and O–H groups in total. The lowest BCUT2D eigenvalue weighted by Crippen LogP contribution is -1.98. The topological polar surface area (TPSA) is 17.3 Å². The molecule has 0 spiro atoms. The molecule has 0 aliphatic carbocycles. The highest BCUT2D eigenvalue weighted by molar-refractivity contribution is 9.10. The van der Waals surface area contributed by atoms with E-state index in [1.807, 2.05) is 18.2 Å². The van der Waals surface area contributed by atoms with Crippen LogP contribution in [0.1, 0.15) is 22.4 Å². The maximum Gasteiger partial charge on any atom is 0.152 e. The zero-order chi connectivity index (χ0) is 18.3. The lowest BCUT2D eigenvalue weighted by Gasteiger charge is -2.08. The van der Waals surface area contributed by atoms with Crippen molar-refractivity contribution in [1.29, 1.82) is 0 Å². The zero-order valence-corrected chi connectivity index (χ0v) is 17.0. The third-order valence-electron chi connectivity index (χ3n) is 4.50. The first-order valence-corrected chi connectivity index (χ1v) is 9.67. The number of hydrogen-bond acceptors (Lipinski definition) is 1. The third kappa shape index (κ3) is 3.29. The summed E-state index contributed by atoms with van der Waals surface area (Å²) in [6.07, 6.45) is 2.91. The van der Waals surface area contributed by atoms with Gasteiger partial charge in [-0.3, -0.25) is 0 Å². The van der Waals surface area contributed by atoms with Gasteiger partial charge in [-0.15, -0.1) is 0 Å². The molecule has 0 radical (unpaired) electrons. The third-order valence-corrected chi connectivity index (χ3v) is 5.32. The summed E-state index contributed by atoms with van der Waals surface area (Å²) in [6, 6.07) is 18.7. The molecule has 2 aromatic heterocycles. The largest absolute Gasteiger partial charge is 0.302 e. The van der Waals surface area contributed by atoms with Gasteiger partial charge in [0.15, 0.2) is 5.65 Å². The quantitative estimate of drug-likeness (QED) is 0.360. The van der Waals surface area contributed by atoms with Crippen molar-refractivity contribution in [3.8, 4) is 11.3 Å². The van der Waals surface area contributed by atoms with Gasteiger partial charge in [0.1, 0.15) is 0 Å². The van der Waals surface area contributed by atoms with Gasteiger partial charge in [0, 0.05) is 23.2 Å². The van der Waals surface area contributed by atoms with Gasteiger partial charge in [-0.2, -0.15) is 0 Å². The van der Waals surface area contributed by atoms with Crippen LogP contribution in [0.3, 0.4) is 0 Å². The van der Waals surface area contributed by atoms with E-state index in [-0.39, 0.29) is 0 Å². The van der Waals surface area contributed by atoms with Crippen molar-refractivity contribution < 1.29 is 0 Å². The minimum absolute atomic E-state index is 0.755. The molecule has 0 aliphatic heterocycles. The zero-order valence-electron chi connectivity index (χ0n) is 14.6. The Morgan fingerprint density at radius 3 is 2.50 bits per heavy atom. The fourth-order valence-electron chi connectivity index (χ4n) is 3.23. The van der Waals surface area contributed by atoms with Crippen LogP contribution in [0.25, 0.3) is 16.9 Å². The normalized spacial score (nSPS) is 11.2. The SMILES string of the molecule is Cc1ccc(-c2nc3c(Br)cc(C)cn3c2Cc2cccc(Cl)c2)cc1. The number of pyridine rings is 1. The maximum absolute atomic E-state index is 6.20. The van der Waals surface area contributed by atoms with E-state index in [2.05, 4.69) is 76.8 Å². The van der Waals surface area contributed by atoms with Gasteiger partial charge in [-0.25, -0.2) is 4.98 Å². The minimum atomic E-state index is 0.755. The van der Waals surface area contributed by atoms with E-state index in [0.717, 1.165) is 38.5 Å². The first-order chi connectivity index (χ1) is 12.5. The summed E-state index contributed by atoms with van der Waals surface area (Å²) < 4.78 is 3.19. The number of halogens is 2. The van der Waals surface area contributed by atoms with E-state index in [4.69, 9.17) is 16.6 Å². The number of benzene rings is 2. The molecule has 2 aromatic carbocycles. The molecule has 4 heteroatoms. The summed E-state index contributed by atoms with van der Waals surface area (Å²) in [5, 5.41) is 0.755. The molecular weight excluding hydrogens is 408 g/mol. The van der Waals surface area contributed by atoms with E-state index in [0.29, 0.717) is 0 Å². The standard InChI is InChI=1S/C22H18BrClN2/c1-14-6-8-17(9-7-14)21-20(12-16-4-3-5-18(24)11-16)26-13-15(2)10-19(23)22(26)25-21/h3-11,13H,12H2,1-2H3. The Labute approximate surface area is 166 Å². The Balaban J connectivity index is 1.95. The predicted molar refractivity (Wildman–Crippen MR) is 112 cm³/mol. The minimum Gasteiger partial charge on any atom is -0.302 e. The average Bonchev–Trinajstić information content (AvgIpc) is 2.94. The Morgan fingerprint density at radius 1 is 1.00 bits per heavy atom. The average molecular weight is 426 g/mol.